The lowest BCUT2D eigenvalue weighted by Gasteiger charge is -2.34. The normalized spacial score (nSPS) is 28.1. The van der Waals surface area contributed by atoms with Gasteiger partial charge in [0.2, 0.25) is 0 Å². The van der Waals surface area contributed by atoms with Gasteiger partial charge >= 0.3 is 0 Å². The number of carbonyl (C=O) groups is 1. The lowest BCUT2D eigenvalue weighted by atomic mass is 9.95. The van der Waals surface area contributed by atoms with Crippen LogP contribution in [0.25, 0.3) is 0 Å². The highest BCUT2D eigenvalue weighted by atomic mass is 16.1. The maximum absolute atomic E-state index is 12.2. The standard InChI is InChI=1S/C13H22N4O/c1-8-5-6-12(9(2)15-8)16-13(18)11-7-14-17(4)10(11)3/h7-9,12,15H,5-6H2,1-4H3,(H,16,18). The molecule has 0 bridgehead atoms. The molecule has 0 saturated carbocycles. The van der Waals surface area contributed by atoms with Gasteiger partial charge in [-0.1, -0.05) is 0 Å². The molecular weight excluding hydrogens is 228 g/mol. The van der Waals surface area contributed by atoms with Crippen LogP contribution in [0.5, 0.6) is 0 Å². The van der Waals surface area contributed by atoms with Gasteiger partial charge in [0.15, 0.2) is 0 Å². The van der Waals surface area contributed by atoms with Crippen LogP contribution in [0.15, 0.2) is 6.20 Å². The predicted octanol–water partition coefficient (Wildman–Crippen LogP) is 0.987. The van der Waals surface area contributed by atoms with Crippen molar-refractivity contribution in [3.8, 4) is 0 Å². The molecule has 0 aromatic carbocycles. The molecule has 1 fully saturated rings. The Hall–Kier alpha value is -1.36. The molecule has 100 valence electrons. The summed E-state index contributed by atoms with van der Waals surface area (Å²) in [5.74, 6) is -0.0196. The molecule has 1 amide bonds. The third-order valence-electron chi connectivity index (χ3n) is 3.86. The van der Waals surface area contributed by atoms with E-state index in [0.717, 1.165) is 18.5 Å². The topological polar surface area (TPSA) is 59.0 Å². The van der Waals surface area contributed by atoms with Crippen molar-refractivity contribution in [2.75, 3.05) is 0 Å². The second kappa shape index (κ2) is 5.10. The average Bonchev–Trinajstić information content (AvgIpc) is 2.64. The van der Waals surface area contributed by atoms with Crippen LogP contribution in [0.4, 0.5) is 0 Å². The smallest absolute Gasteiger partial charge is 0.255 e. The van der Waals surface area contributed by atoms with Crippen LogP contribution in [0.3, 0.4) is 0 Å². The fraction of sp³-hybridized carbons (Fsp3) is 0.692. The van der Waals surface area contributed by atoms with E-state index < -0.39 is 0 Å². The molecule has 0 radical (unpaired) electrons. The van der Waals surface area contributed by atoms with Crippen molar-refractivity contribution in [1.82, 2.24) is 20.4 Å². The lowest BCUT2D eigenvalue weighted by Crippen LogP contribution is -2.54. The van der Waals surface area contributed by atoms with E-state index in [1.54, 1.807) is 10.9 Å². The van der Waals surface area contributed by atoms with Gasteiger partial charge in [-0.2, -0.15) is 5.10 Å². The molecule has 18 heavy (non-hydrogen) atoms. The first-order chi connectivity index (χ1) is 8.49. The second-order valence-corrected chi connectivity index (χ2v) is 5.28. The summed E-state index contributed by atoms with van der Waals surface area (Å²) in [5, 5.41) is 10.7. The SMILES string of the molecule is Cc1c(C(=O)NC2CCC(C)NC2C)cnn1C. The molecule has 3 atom stereocenters. The number of rotatable bonds is 2. The molecule has 1 aliphatic heterocycles. The fourth-order valence-corrected chi connectivity index (χ4v) is 2.49. The number of carbonyl (C=O) groups excluding carboxylic acids is 1. The number of aryl methyl sites for hydroxylation is 1. The van der Waals surface area contributed by atoms with E-state index >= 15 is 0 Å². The predicted molar refractivity (Wildman–Crippen MR) is 70.5 cm³/mol. The largest absolute Gasteiger partial charge is 0.348 e. The van der Waals surface area contributed by atoms with E-state index in [9.17, 15) is 4.79 Å². The highest BCUT2D eigenvalue weighted by Gasteiger charge is 2.26. The van der Waals surface area contributed by atoms with E-state index in [1.165, 1.54) is 0 Å². The Morgan fingerprint density at radius 1 is 1.50 bits per heavy atom. The van der Waals surface area contributed by atoms with Gasteiger partial charge in [-0.3, -0.25) is 9.48 Å². The maximum atomic E-state index is 12.2. The summed E-state index contributed by atoms with van der Waals surface area (Å²) < 4.78 is 1.72. The molecule has 1 saturated heterocycles. The minimum absolute atomic E-state index is 0.0196. The molecule has 3 unspecified atom stereocenters. The number of amides is 1. The van der Waals surface area contributed by atoms with E-state index in [-0.39, 0.29) is 11.9 Å². The van der Waals surface area contributed by atoms with Crippen LogP contribution in [0.2, 0.25) is 0 Å². The Kier molecular flexibility index (Phi) is 3.71. The van der Waals surface area contributed by atoms with Crippen LogP contribution in [-0.2, 0) is 7.05 Å². The lowest BCUT2D eigenvalue weighted by molar-refractivity contribution is 0.0913. The number of nitrogens with zero attached hydrogens (tertiary/aromatic N) is 2. The Morgan fingerprint density at radius 2 is 2.22 bits per heavy atom. The Labute approximate surface area is 108 Å². The van der Waals surface area contributed by atoms with E-state index in [1.807, 2.05) is 14.0 Å². The molecule has 1 aromatic heterocycles. The zero-order chi connectivity index (χ0) is 13.3. The minimum Gasteiger partial charge on any atom is -0.348 e. The number of aromatic nitrogens is 2. The zero-order valence-corrected chi connectivity index (χ0v) is 11.5. The summed E-state index contributed by atoms with van der Waals surface area (Å²) in [7, 11) is 1.85. The summed E-state index contributed by atoms with van der Waals surface area (Å²) >= 11 is 0. The van der Waals surface area contributed by atoms with Gasteiger partial charge in [-0.25, -0.2) is 0 Å². The maximum Gasteiger partial charge on any atom is 0.255 e. The quantitative estimate of drug-likeness (QED) is 0.823. The summed E-state index contributed by atoms with van der Waals surface area (Å²) in [6.45, 7) is 6.21. The van der Waals surface area contributed by atoms with Crippen LogP contribution >= 0.6 is 0 Å². The molecular formula is C13H22N4O. The van der Waals surface area contributed by atoms with Crippen molar-refractivity contribution in [2.24, 2.45) is 7.05 Å². The molecule has 0 spiro atoms. The second-order valence-electron chi connectivity index (χ2n) is 5.28. The molecule has 1 aliphatic rings. The summed E-state index contributed by atoms with van der Waals surface area (Å²) in [4.78, 5) is 12.2. The Bertz CT molecular complexity index is 440. The van der Waals surface area contributed by atoms with E-state index in [4.69, 9.17) is 0 Å². The van der Waals surface area contributed by atoms with Gasteiger partial charge in [0.25, 0.3) is 5.91 Å². The Morgan fingerprint density at radius 3 is 2.78 bits per heavy atom. The van der Waals surface area contributed by atoms with Gasteiger partial charge in [0, 0.05) is 30.9 Å². The van der Waals surface area contributed by atoms with Crippen LogP contribution < -0.4 is 10.6 Å². The van der Waals surface area contributed by atoms with Crippen molar-refractivity contribution in [2.45, 2.75) is 51.7 Å². The van der Waals surface area contributed by atoms with Gasteiger partial charge in [-0.15, -0.1) is 0 Å². The van der Waals surface area contributed by atoms with Crippen molar-refractivity contribution in [3.63, 3.8) is 0 Å². The molecule has 0 aliphatic carbocycles. The number of hydrogen-bond acceptors (Lipinski definition) is 3. The molecule has 2 N–H and O–H groups in total. The fourth-order valence-electron chi connectivity index (χ4n) is 2.49. The van der Waals surface area contributed by atoms with Gasteiger partial charge in [-0.05, 0) is 33.6 Å². The van der Waals surface area contributed by atoms with E-state index in [0.29, 0.717) is 17.6 Å². The van der Waals surface area contributed by atoms with Gasteiger partial charge < -0.3 is 10.6 Å². The van der Waals surface area contributed by atoms with E-state index in [2.05, 4.69) is 29.6 Å². The third-order valence-corrected chi connectivity index (χ3v) is 3.86. The van der Waals surface area contributed by atoms with Gasteiger partial charge in [0.1, 0.15) is 0 Å². The molecule has 5 heteroatoms. The number of piperidine rings is 1. The third kappa shape index (κ3) is 2.56. The minimum atomic E-state index is -0.0196. The van der Waals surface area contributed by atoms with Crippen LogP contribution in [-0.4, -0.2) is 33.8 Å². The first kappa shape index (κ1) is 13.1. The molecule has 5 nitrogen and oxygen atoms in total. The van der Waals surface area contributed by atoms with Crippen molar-refractivity contribution >= 4 is 5.91 Å². The van der Waals surface area contributed by atoms with Crippen LogP contribution in [0.1, 0.15) is 42.7 Å². The monoisotopic (exact) mass is 250 g/mol. The van der Waals surface area contributed by atoms with Crippen LogP contribution in [0, 0.1) is 6.92 Å². The molecule has 1 aromatic rings. The van der Waals surface area contributed by atoms with Crippen molar-refractivity contribution in [1.29, 1.82) is 0 Å². The first-order valence-corrected chi connectivity index (χ1v) is 6.54. The van der Waals surface area contributed by atoms with Crippen molar-refractivity contribution in [3.05, 3.63) is 17.5 Å². The Balaban J connectivity index is 2.01. The highest BCUT2D eigenvalue weighted by molar-refractivity contribution is 5.95. The number of hydrogen-bond donors (Lipinski definition) is 2. The summed E-state index contributed by atoms with van der Waals surface area (Å²) in [6.07, 6.45) is 3.76. The average molecular weight is 250 g/mol. The highest BCUT2D eigenvalue weighted by Crippen LogP contribution is 2.14. The number of nitrogens with one attached hydrogen (secondary N) is 2. The first-order valence-electron chi connectivity index (χ1n) is 6.54. The zero-order valence-electron chi connectivity index (χ0n) is 11.5. The van der Waals surface area contributed by atoms with Crippen molar-refractivity contribution < 1.29 is 4.79 Å². The van der Waals surface area contributed by atoms with Gasteiger partial charge in [0.05, 0.1) is 11.8 Å². The summed E-state index contributed by atoms with van der Waals surface area (Å²) in [6, 6.07) is 1.05. The molecule has 2 rings (SSSR count). The molecule has 2 heterocycles. The summed E-state index contributed by atoms with van der Waals surface area (Å²) in [5.41, 5.74) is 1.57.